The zero-order valence-electron chi connectivity index (χ0n) is 16.6. The van der Waals surface area contributed by atoms with Crippen LogP contribution in [0.4, 0.5) is 5.69 Å². The van der Waals surface area contributed by atoms with E-state index in [2.05, 4.69) is 32.2 Å². The number of nitrogens with zero attached hydrogens (tertiary/aromatic N) is 1. The highest BCUT2D eigenvalue weighted by molar-refractivity contribution is 5.93. The smallest absolute Gasteiger partial charge is 0.227 e. The van der Waals surface area contributed by atoms with Gasteiger partial charge in [-0.05, 0) is 56.6 Å². The molecular weight excluding hydrogens is 324 g/mol. The molecule has 4 heteroatoms. The Labute approximate surface area is 158 Å². The largest absolute Gasteiger partial charge is 0.342 e. The number of aryl methyl sites for hydroxylation is 1. The number of hydrogen-bond acceptors (Lipinski definition) is 2. The number of carbonyl (C=O) groups excluding carboxylic acids is 2. The summed E-state index contributed by atoms with van der Waals surface area (Å²) in [7, 11) is 0. The first-order valence-electron chi connectivity index (χ1n) is 10.3. The molecule has 0 radical (unpaired) electrons. The lowest BCUT2D eigenvalue weighted by Gasteiger charge is -2.31. The van der Waals surface area contributed by atoms with Crippen LogP contribution in [-0.4, -0.2) is 29.8 Å². The fraction of sp³-hybridized carbons (Fsp3) is 0.636. The summed E-state index contributed by atoms with van der Waals surface area (Å²) in [6, 6.07) is 7.99. The molecule has 144 valence electrons. The lowest BCUT2D eigenvalue weighted by atomic mass is 9.80. The average Bonchev–Trinajstić information content (AvgIpc) is 2.67. The summed E-state index contributed by atoms with van der Waals surface area (Å²) in [4.78, 5) is 27.4. The first-order valence-corrected chi connectivity index (χ1v) is 10.3. The number of amides is 2. The molecule has 0 spiro atoms. The Morgan fingerprint density at radius 2 is 1.54 bits per heavy atom. The second-order valence-corrected chi connectivity index (χ2v) is 7.37. The zero-order valence-corrected chi connectivity index (χ0v) is 16.6. The molecule has 1 aliphatic carbocycles. The van der Waals surface area contributed by atoms with Crippen molar-refractivity contribution in [2.24, 2.45) is 11.8 Å². The molecule has 0 atom stereocenters. The number of carbonyl (C=O) groups is 2. The van der Waals surface area contributed by atoms with Crippen molar-refractivity contribution in [1.29, 1.82) is 0 Å². The van der Waals surface area contributed by atoms with E-state index in [0.29, 0.717) is 5.91 Å². The van der Waals surface area contributed by atoms with E-state index in [9.17, 15) is 9.59 Å². The highest BCUT2D eigenvalue weighted by Gasteiger charge is 2.32. The van der Waals surface area contributed by atoms with Crippen LogP contribution in [0.15, 0.2) is 24.3 Å². The number of nitrogens with one attached hydrogen (secondary N) is 1. The lowest BCUT2D eigenvalue weighted by molar-refractivity contribution is -0.138. The summed E-state index contributed by atoms with van der Waals surface area (Å²) in [5.41, 5.74) is 2.09. The zero-order chi connectivity index (χ0) is 18.9. The molecule has 0 aliphatic heterocycles. The summed E-state index contributed by atoms with van der Waals surface area (Å²) >= 11 is 0. The van der Waals surface area contributed by atoms with Gasteiger partial charge in [0.25, 0.3) is 0 Å². The van der Waals surface area contributed by atoms with Crippen molar-refractivity contribution in [2.75, 3.05) is 18.4 Å². The number of hydrogen-bond donors (Lipinski definition) is 1. The van der Waals surface area contributed by atoms with Crippen LogP contribution in [0.1, 0.15) is 64.9 Å². The van der Waals surface area contributed by atoms with Crippen molar-refractivity contribution in [1.82, 2.24) is 4.90 Å². The minimum Gasteiger partial charge on any atom is -0.342 e. The van der Waals surface area contributed by atoms with Gasteiger partial charge in [0.2, 0.25) is 11.8 Å². The number of benzene rings is 1. The van der Waals surface area contributed by atoms with Crippen LogP contribution in [0.5, 0.6) is 0 Å². The van der Waals surface area contributed by atoms with Crippen molar-refractivity contribution in [2.45, 2.75) is 65.7 Å². The van der Waals surface area contributed by atoms with Gasteiger partial charge < -0.3 is 10.2 Å². The van der Waals surface area contributed by atoms with E-state index < -0.39 is 0 Å². The Hall–Kier alpha value is -1.84. The maximum Gasteiger partial charge on any atom is 0.227 e. The number of anilines is 1. The van der Waals surface area contributed by atoms with E-state index in [0.717, 1.165) is 63.7 Å². The molecule has 4 nitrogen and oxygen atoms in total. The molecule has 26 heavy (non-hydrogen) atoms. The molecule has 1 saturated carbocycles. The van der Waals surface area contributed by atoms with Crippen molar-refractivity contribution in [3.63, 3.8) is 0 Å². The van der Waals surface area contributed by atoms with Gasteiger partial charge in [0.15, 0.2) is 0 Å². The van der Waals surface area contributed by atoms with E-state index in [1.165, 1.54) is 5.56 Å². The first kappa shape index (κ1) is 20.5. The SMILES string of the molecule is CCCN(CCC)C(=O)C1CCC(C(=O)Nc2ccccc2CC)CC1. The fourth-order valence-corrected chi connectivity index (χ4v) is 3.92. The van der Waals surface area contributed by atoms with Gasteiger partial charge in [-0.25, -0.2) is 0 Å². The molecule has 0 heterocycles. The maximum atomic E-state index is 12.8. The van der Waals surface area contributed by atoms with Gasteiger partial charge in [0.1, 0.15) is 0 Å². The minimum atomic E-state index is 0.0229. The molecule has 0 saturated heterocycles. The van der Waals surface area contributed by atoms with Crippen molar-refractivity contribution < 1.29 is 9.59 Å². The van der Waals surface area contributed by atoms with Crippen LogP contribution < -0.4 is 5.32 Å². The molecule has 1 aromatic carbocycles. The third-order valence-electron chi connectivity index (χ3n) is 5.40. The van der Waals surface area contributed by atoms with Gasteiger partial charge in [0.05, 0.1) is 0 Å². The van der Waals surface area contributed by atoms with Crippen LogP contribution in [0, 0.1) is 11.8 Å². The Morgan fingerprint density at radius 1 is 0.962 bits per heavy atom. The lowest BCUT2D eigenvalue weighted by Crippen LogP contribution is -2.39. The molecule has 1 aliphatic rings. The van der Waals surface area contributed by atoms with E-state index in [1.54, 1.807) is 0 Å². The van der Waals surface area contributed by atoms with E-state index >= 15 is 0 Å². The Morgan fingerprint density at radius 3 is 2.12 bits per heavy atom. The average molecular weight is 359 g/mol. The van der Waals surface area contributed by atoms with Gasteiger partial charge >= 0.3 is 0 Å². The molecular formula is C22H34N2O2. The quantitative estimate of drug-likeness (QED) is 0.736. The van der Waals surface area contributed by atoms with Crippen molar-refractivity contribution in [3.05, 3.63) is 29.8 Å². The monoisotopic (exact) mass is 358 g/mol. The molecule has 2 amide bonds. The molecule has 1 aromatic rings. The van der Waals surface area contributed by atoms with Gasteiger partial charge in [-0.1, -0.05) is 39.0 Å². The summed E-state index contributed by atoms with van der Waals surface area (Å²) in [6.07, 6.45) is 6.18. The summed E-state index contributed by atoms with van der Waals surface area (Å²) in [5.74, 6) is 0.523. The van der Waals surface area contributed by atoms with Crippen LogP contribution in [0.3, 0.4) is 0 Å². The molecule has 0 unspecified atom stereocenters. The van der Waals surface area contributed by atoms with Gasteiger partial charge in [0, 0.05) is 30.6 Å². The van der Waals surface area contributed by atoms with Crippen LogP contribution >= 0.6 is 0 Å². The molecule has 0 bridgehead atoms. The highest BCUT2D eigenvalue weighted by atomic mass is 16.2. The van der Waals surface area contributed by atoms with Crippen molar-refractivity contribution >= 4 is 17.5 Å². The highest BCUT2D eigenvalue weighted by Crippen LogP contribution is 2.31. The standard InChI is InChI=1S/C22H34N2O2/c1-4-15-24(16-5-2)22(26)19-13-11-18(12-14-19)21(25)23-20-10-8-7-9-17(20)6-3/h7-10,18-19H,4-6,11-16H2,1-3H3,(H,23,25). The molecule has 1 fully saturated rings. The normalized spacial score (nSPS) is 19.8. The van der Waals surface area contributed by atoms with Gasteiger partial charge in [-0.3, -0.25) is 9.59 Å². The van der Waals surface area contributed by atoms with Crippen LogP contribution in [-0.2, 0) is 16.0 Å². The van der Waals surface area contributed by atoms with E-state index in [4.69, 9.17) is 0 Å². The maximum absolute atomic E-state index is 12.8. The number of rotatable bonds is 8. The summed E-state index contributed by atoms with van der Waals surface area (Å²) < 4.78 is 0. The van der Waals surface area contributed by atoms with Gasteiger partial charge in [-0.15, -0.1) is 0 Å². The Bertz CT molecular complexity index is 586. The van der Waals surface area contributed by atoms with E-state index in [1.807, 2.05) is 23.1 Å². The topological polar surface area (TPSA) is 49.4 Å². The second kappa shape index (κ2) is 10.3. The van der Waals surface area contributed by atoms with Gasteiger partial charge in [-0.2, -0.15) is 0 Å². The molecule has 0 aromatic heterocycles. The predicted octanol–water partition coefficient (Wildman–Crippen LogP) is 4.64. The third kappa shape index (κ3) is 5.33. The Kier molecular flexibility index (Phi) is 8.14. The Balaban J connectivity index is 1.89. The summed E-state index contributed by atoms with van der Waals surface area (Å²) in [6.45, 7) is 8.03. The molecule has 1 N–H and O–H groups in total. The minimum absolute atomic E-state index is 0.0229. The van der Waals surface area contributed by atoms with Crippen molar-refractivity contribution in [3.8, 4) is 0 Å². The first-order chi connectivity index (χ1) is 12.6. The second-order valence-electron chi connectivity index (χ2n) is 7.37. The van der Waals surface area contributed by atoms with E-state index in [-0.39, 0.29) is 17.7 Å². The third-order valence-corrected chi connectivity index (χ3v) is 5.40. The molecule has 2 rings (SSSR count). The number of para-hydroxylation sites is 1. The van der Waals surface area contributed by atoms with Crippen LogP contribution in [0.2, 0.25) is 0 Å². The fourth-order valence-electron chi connectivity index (χ4n) is 3.92. The van der Waals surface area contributed by atoms with Crippen LogP contribution in [0.25, 0.3) is 0 Å². The summed E-state index contributed by atoms with van der Waals surface area (Å²) in [5, 5.41) is 3.10. The predicted molar refractivity (Wildman–Crippen MR) is 107 cm³/mol.